The first-order valence-electron chi connectivity index (χ1n) is 8.46. The van der Waals surface area contributed by atoms with Crippen LogP contribution in [0, 0.1) is 0 Å². The zero-order chi connectivity index (χ0) is 20.7. The fourth-order valence-electron chi connectivity index (χ4n) is 2.51. The van der Waals surface area contributed by atoms with Crippen LogP contribution in [0.15, 0.2) is 53.6 Å². The van der Waals surface area contributed by atoms with Crippen LogP contribution in [-0.4, -0.2) is 36.9 Å². The van der Waals surface area contributed by atoms with Crippen molar-refractivity contribution in [2.45, 2.75) is 20.4 Å². The first kappa shape index (κ1) is 21.4. The molecule has 28 heavy (non-hydrogen) atoms. The molecule has 0 spiro atoms. The Morgan fingerprint density at radius 3 is 2.25 bits per heavy atom. The number of anilines is 1. The fraction of sp³-hybridized carbons (Fsp3) is 0.250. The first-order chi connectivity index (χ1) is 13.4. The lowest BCUT2D eigenvalue weighted by molar-refractivity contribution is -0.129. The highest BCUT2D eigenvalue weighted by atomic mass is 35.5. The highest BCUT2D eigenvalue weighted by Gasteiger charge is 2.21. The van der Waals surface area contributed by atoms with Crippen molar-refractivity contribution in [3.63, 3.8) is 0 Å². The maximum Gasteiger partial charge on any atom is 0.438 e. The number of nitrogens with zero attached hydrogens (tertiary/aromatic N) is 3. The molecule has 0 atom stereocenters. The van der Waals surface area contributed by atoms with E-state index in [1.165, 1.54) is 26.2 Å². The molecule has 2 amide bonds. The van der Waals surface area contributed by atoms with E-state index in [0.717, 1.165) is 10.6 Å². The van der Waals surface area contributed by atoms with Gasteiger partial charge in [0.2, 0.25) is 5.91 Å². The van der Waals surface area contributed by atoms with E-state index in [4.69, 9.17) is 21.2 Å². The molecular weight excluding hydrogens is 382 g/mol. The summed E-state index contributed by atoms with van der Waals surface area (Å²) in [5, 5.41) is 7.41. The van der Waals surface area contributed by atoms with Gasteiger partial charge in [0.25, 0.3) is 0 Å². The van der Waals surface area contributed by atoms with Crippen molar-refractivity contribution in [1.82, 2.24) is 5.01 Å². The maximum absolute atomic E-state index is 12.2. The largest absolute Gasteiger partial charge is 0.451 e. The number of methoxy groups -OCH3 is 1. The lowest BCUT2D eigenvalue weighted by Crippen LogP contribution is -2.31. The van der Waals surface area contributed by atoms with Crippen LogP contribution in [0.2, 0.25) is 5.02 Å². The number of ether oxygens (including phenoxy) is 1. The van der Waals surface area contributed by atoms with Gasteiger partial charge in [0, 0.05) is 17.5 Å². The molecule has 0 aliphatic carbocycles. The molecule has 0 aliphatic rings. The Kier molecular flexibility index (Phi) is 7.54. The number of amides is 2. The highest BCUT2D eigenvalue weighted by molar-refractivity contribution is 6.30. The minimum Gasteiger partial charge on any atom is -0.451 e. The van der Waals surface area contributed by atoms with Gasteiger partial charge in [0.05, 0.1) is 32.2 Å². The van der Waals surface area contributed by atoms with E-state index in [-0.39, 0.29) is 12.5 Å². The van der Waals surface area contributed by atoms with Crippen molar-refractivity contribution in [1.29, 1.82) is 0 Å². The molecule has 0 unspecified atom stereocenters. The van der Waals surface area contributed by atoms with Crippen molar-refractivity contribution in [2.24, 2.45) is 5.10 Å². The molecule has 0 aliphatic heterocycles. The Labute approximate surface area is 169 Å². The van der Waals surface area contributed by atoms with Crippen molar-refractivity contribution >= 4 is 35.0 Å². The van der Waals surface area contributed by atoms with E-state index in [1.54, 1.807) is 43.3 Å². The van der Waals surface area contributed by atoms with Crippen molar-refractivity contribution in [2.75, 3.05) is 19.3 Å². The van der Waals surface area contributed by atoms with Crippen LogP contribution >= 0.6 is 11.6 Å². The molecule has 0 N–H and O–H groups in total. The monoisotopic (exact) mass is 403 g/mol. The normalized spacial score (nSPS) is 11.1. The maximum atomic E-state index is 12.2. The summed E-state index contributed by atoms with van der Waals surface area (Å²) >= 11 is 5.92. The Morgan fingerprint density at radius 2 is 1.68 bits per heavy atom. The summed E-state index contributed by atoms with van der Waals surface area (Å²) in [7, 11) is 2.62. The van der Waals surface area contributed by atoms with Gasteiger partial charge in [-0.25, -0.2) is 9.80 Å². The second kappa shape index (κ2) is 9.87. The van der Waals surface area contributed by atoms with Gasteiger partial charge >= 0.3 is 6.09 Å². The van der Waals surface area contributed by atoms with Crippen LogP contribution in [0.25, 0.3) is 0 Å². The first-order valence-corrected chi connectivity index (χ1v) is 8.84. The van der Waals surface area contributed by atoms with Gasteiger partial charge in [-0.3, -0.25) is 9.63 Å². The van der Waals surface area contributed by atoms with Gasteiger partial charge in [-0.1, -0.05) is 41.9 Å². The summed E-state index contributed by atoms with van der Waals surface area (Å²) in [6.07, 6.45) is -0.676. The summed E-state index contributed by atoms with van der Waals surface area (Å²) in [5.74, 6) is -0.245. The zero-order valence-electron chi connectivity index (χ0n) is 16.2. The molecule has 7 nitrogen and oxygen atoms in total. The average Bonchev–Trinajstić information content (AvgIpc) is 2.69. The van der Waals surface area contributed by atoms with E-state index in [0.29, 0.717) is 22.0 Å². The molecule has 8 heteroatoms. The molecule has 2 aromatic carbocycles. The quantitative estimate of drug-likeness (QED) is 0.534. The average molecular weight is 404 g/mol. The van der Waals surface area contributed by atoms with Gasteiger partial charge in [0.15, 0.2) is 0 Å². The topological polar surface area (TPSA) is 71.4 Å². The number of hydrogen-bond acceptors (Lipinski definition) is 5. The van der Waals surface area contributed by atoms with Gasteiger partial charge in [-0.15, -0.1) is 0 Å². The van der Waals surface area contributed by atoms with Crippen LogP contribution < -0.4 is 5.06 Å². The molecule has 0 aromatic heterocycles. The Morgan fingerprint density at radius 1 is 1.04 bits per heavy atom. The number of rotatable bonds is 6. The number of benzene rings is 2. The van der Waals surface area contributed by atoms with Crippen LogP contribution in [-0.2, 0) is 20.9 Å². The van der Waals surface area contributed by atoms with E-state index in [1.807, 2.05) is 12.1 Å². The molecule has 0 fully saturated rings. The molecule has 0 bridgehead atoms. The third-order valence-corrected chi connectivity index (χ3v) is 4.20. The third-order valence-electron chi connectivity index (χ3n) is 3.95. The van der Waals surface area contributed by atoms with Crippen LogP contribution in [0.1, 0.15) is 25.0 Å². The van der Waals surface area contributed by atoms with Gasteiger partial charge in [0.1, 0.15) is 0 Å². The van der Waals surface area contributed by atoms with Crippen LogP contribution in [0.4, 0.5) is 10.5 Å². The Hall–Kier alpha value is -2.90. The molecule has 148 valence electrons. The van der Waals surface area contributed by atoms with E-state index >= 15 is 0 Å². The molecule has 0 saturated heterocycles. The summed E-state index contributed by atoms with van der Waals surface area (Å²) in [4.78, 5) is 29.3. The molecule has 0 heterocycles. The van der Waals surface area contributed by atoms with Crippen LogP contribution in [0.3, 0.4) is 0 Å². The van der Waals surface area contributed by atoms with Crippen LogP contribution in [0.5, 0.6) is 0 Å². The number of para-hydroxylation sites is 1. The highest BCUT2D eigenvalue weighted by Crippen LogP contribution is 2.23. The number of hydrazone groups is 1. The Balaban J connectivity index is 2.35. The predicted octanol–water partition coefficient (Wildman–Crippen LogP) is 4.25. The standard InChI is InChI=1S/C20H22ClN3O4/c1-14(16-9-11-18(21)12-10-16)22-23(15(2)25)13-17-7-5-6-8-19(17)24(28-4)20(26)27-3/h5-12H,13H2,1-4H3/b22-14+. The summed E-state index contributed by atoms with van der Waals surface area (Å²) in [6.45, 7) is 3.38. The second-order valence-corrected chi connectivity index (χ2v) is 6.28. The van der Waals surface area contributed by atoms with E-state index in [2.05, 4.69) is 5.10 Å². The fourth-order valence-corrected chi connectivity index (χ4v) is 2.63. The second-order valence-electron chi connectivity index (χ2n) is 5.84. The summed E-state index contributed by atoms with van der Waals surface area (Å²) < 4.78 is 4.74. The van der Waals surface area contributed by atoms with Crippen molar-refractivity contribution in [3.05, 3.63) is 64.7 Å². The lowest BCUT2D eigenvalue weighted by atomic mass is 10.1. The minimum absolute atomic E-state index is 0.146. The summed E-state index contributed by atoms with van der Waals surface area (Å²) in [5.41, 5.74) is 2.62. The molecular formula is C20H22ClN3O4. The Bertz CT molecular complexity index is 868. The number of hydroxylamine groups is 1. The minimum atomic E-state index is -0.676. The van der Waals surface area contributed by atoms with E-state index in [9.17, 15) is 9.59 Å². The smallest absolute Gasteiger partial charge is 0.438 e. The number of carbonyl (C=O) groups is 2. The van der Waals surface area contributed by atoms with Crippen molar-refractivity contribution < 1.29 is 19.2 Å². The van der Waals surface area contributed by atoms with Gasteiger partial charge in [-0.2, -0.15) is 10.2 Å². The van der Waals surface area contributed by atoms with Gasteiger partial charge in [-0.05, 0) is 30.7 Å². The molecule has 0 saturated carbocycles. The lowest BCUT2D eigenvalue weighted by Gasteiger charge is -2.23. The zero-order valence-corrected chi connectivity index (χ0v) is 16.9. The third kappa shape index (κ3) is 5.31. The molecule has 2 rings (SSSR count). The summed E-state index contributed by atoms with van der Waals surface area (Å²) in [6, 6.07) is 14.2. The number of hydrogen-bond donors (Lipinski definition) is 0. The molecule has 2 aromatic rings. The SMILES string of the molecule is COC(=O)N(OC)c1ccccc1CN(/N=C(\C)c1ccc(Cl)cc1)C(C)=O. The molecule has 0 radical (unpaired) electrons. The van der Waals surface area contributed by atoms with E-state index < -0.39 is 6.09 Å². The number of carbonyl (C=O) groups excluding carboxylic acids is 2. The van der Waals surface area contributed by atoms with Gasteiger partial charge < -0.3 is 4.74 Å². The predicted molar refractivity (Wildman–Crippen MR) is 108 cm³/mol. The van der Waals surface area contributed by atoms with Crippen molar-refractivity contribution in [3.8, 4) is 0 Å². The number of halogens is 1.